The Morgan fingerprint density at radius 2 is 1.30 bits per heavy atom. The minimum atomic E-state index is -2.29. The highest BCUT2D eigenvalue weighted by Crippen LogP contribution is 2.67. The number of carbonyl (C=O) groups excluding carboxylic acids is 3. The van der Waals surface area contributed by atoms with E-state index in [-0.39, 0.29) is 36.1 Å². The molecule has 7 atom stereocenters. The average Bonchev–Trinajstić information content (AvgIpc) is 3.69. The summed E-state index contributed by atoms with van der Waals surface area (Å²) in [5, 5.41) is 39.4. The Labute approximate surface area is 337 Å². The van der Waals surface area contributed by atoms with Gasteiger partial charge in [-0.25, -0.2) is 9.59 Å². The third-order valence-electron chi connectivity index (χ3n) is 11.2. The summed E-state index contributed by atoms with van der Waals surface area (Å²) in [5.41, 5.74) is 4.03. The van der Waals surface area contributed by atoms with Crippen LogP contribution in [0.1, 0.15) is 108 Å². The summed E-state index contributed by atoms with van der Waals surface area (Å²) in [6.45, 7) is 20.6. The molecule has 1 heterocycles. The van der Waals surface area contributed by atoms with Gasteiger partial charge in [0.15, 0.2) is 18.0 Å². The van der Waals surface area contributed by atoms with Crippen molar-refractivity contribution in [3.05, 3.63) is 100 Å². The molecule has 312 valence electrons. The molecule has 4 N–H and O–H groups in total. The Kier molecular flexibility index (Phi) is 15.2. The summed E-state index contributed by atoms with van der Waals surface area (Å²) in [7, 11) is 0. The summed E-state index contributed by atoms with van der Waals surface area (Å²) in [4.78, 5) is 48.1. The van der Waals surface area contributed by atoms with Gasteiger partial charge in [0.2, 0.25) is 0 Å². The first-order valence-corrected chi connectivity index (χ1v) is 19.4. The minimum absolute atomic E-state index is 0.0721. The highest BCUT2D eigenvalue weighted by Gasteiger charge is 2.76. The van der Waals surface area contributed by atoms with Gasteiger partial charge in [-0.15, -0.1) is 5.73 Å². The fourth-order valence-electron chi connectivity index (χ4n) is 8.30. The molecule has 3 rings (SSSR count). The van der Waals surface area contributed by atoms with Gasteiger partial charge in [0.1, 0.15) is 17.8 Å². The van der Waals surface area contributed by atoms with Crippen molar-refractivity contribution >= 4 is 23.7 Å². The first kappa shape index (κ1) is 47.0. The van der Waals surface area contributed by atoms with Crippen LogP contribution in [0, 0.1) is 10.8 Å². The van der Waals surface area contributed by atoms with E-state index in [1.165, 1.54) is 6.92 Å². The molecule has 3 fully saturated rings. The highest BCUT2D eigenvalue weighted by atomic mass is 16.6. The van der Waals surface area contributed by atoms with Crippen LogP contribution in [0.25, 0.3) is 0 Å². The molecule has 11 nitrogen and oxygen atoms in total. The zero-order valence-electron chi connectivity index (χ0n) is 35.3. The number of carbonyl (C=O) groups is 4. The monoisotopic (exact) mass is 790 g/mol. The Hall–Kier alpha value is -4.38. The average molecular weight is 791 g/mol. The van der Waals surface area contributed by atoms with E-state index in [1.54, 1.807) is 19.9 Å². The van der Waals surface area contributed by atoms with Gasteiger partial charge in [-0.05, 0) is 77.0 Å². The first-order chi connectivity index (χ1) is 26.3. The molecule has 4 unspecified atom stereocenters. The zero-order valence-corrected chi connectivity index (χ0v) is 35.3. The van der Waals surface area contributed by atoms with Crippen LogP contribution in [0.15, 0.2) is 100 Å². The maximum atomic E-state index is 13.4. The number of Topliss-reactive ketones (excluding diaryl/α,β-unsaturated/α-hetero) is 1. The number of epoxide rings is 1. The van der Waals surface area contributed by atoms with Crippen molar-refractivity contribution in [2.24, 2.45) is 10.8 Å². The van der Waals surface area contributed by atoms with Crippen molar-refractivity contribution in [2.45, 2.75) is 149 Å². The van der Waals surface area contributed by atoms with E-state index in [2.05, 4.69) is 5.73 Å². The van der Waals surface area contributed by atoms with Crippen molar-refractivity contribution in [1.82, 2.24) is 0 Å². The van der Waals surface area contributed by atoms with Crippen LogP contribution in [0.3, 0.4) is 0 Å². The smallest absolute Gasteiger partial charge is 0.338 e. The number of aliphatic hydroxyl groups is 3. The van der Waals surface area contributed by atoms with Crippen LogP contribution in [0.2, 0.25) is 0 Å². The minimum Gasteiger partial charge on any atom is -0.479 e. The maximum Gasteiger partial charge on any atom is 0.338 e. The number of ether oxygens (including phenoxy) is 3. The van der Waals surface area contributed by atoms with E-state index in [0.29, 0.717) is 24.8 Å². The number of aliphatic carboxylic acids is 1. The molecular weight excluding hydrogens is 728 g/mol. The van der Waals surface area contributed by atoms with Gasteiger partial charge >= 0.3 is 17.9 Å². The fraction of sp³-hybridized carbons (Fsp3) is 0.543. The topological polar surface area (TPSA) is 180 Å². The summed E-state index contributed by atoms with van der Waals surface area (Å²) < 4.78 is 17.0. The molecule has 0 spiro atoms. The van der Waals surface area contributed by atoms with Crippen molar-refractivity contribution in [1.29, 1.82) is 0 Å². The number of rotatable bonds is 15. The molecule has 57 heavy (non-hydrogen) atoms. The number of ketones is 1. The van der Waals surface area contributed by atoms with Crippen LogP contribution in [-0.2, 0) is 33.4 Å². The number of allylic oxidation sites excluding steroid dienone is 14. The third-order valence-corrected chi connectivity index (χ3v) is 11.2. The number of carboxylic acids is 1. The number of hydrogen-bond acceptors (Lipinski definition) is 10. The summed E-state index contributed by atoms with van der Waals surface area (Å²) in [6, 6.07) is 0. The SMILES string of the molecule is CC(=O)OC1CC(C)(C)C(=C=C/C(C)=C/C=C/C(C)=C/C=C/C=C(C)/C=C/C=C(\C)C(=O)CC23OC2(C)CC(OC(=O)[C@@H](O)[C@H](O)C(=O)O)CC3(C)C)[C@](C)(O)C1. The predicted octanol–water partition coefficient (Wildman–Crippen LogP) is 7.05. The van der Waals surface area contributed by atoms with E-state index < -0.39 is 52.5 Å². The van der Waals surface area contributed by atoms with Crippen molar-refractivity contribution in [3.8, 4) is 0 Å². The third kappa shape index (κ3) is 12.1. The molecule has 0 amide bonds. The molecule has 0 aromatic heterocycles. The largest absolute Gasteiger partial charge is 0.479 e. The number of aliphatic hydroxyl groups excluding tert-OH is 2. The lowest BCUT2D eigenvalue weighted by atomic mass is 9.61. The molecule has 1 aliphatic heterocycles. The Morgan fingerprint density at radius 3 is 1.82 bits per heavy atom. The zero-order chi connectivity index (χ0) is 43.1. The number of esters is 2. The lowest BCUT2D eigenvalue weighted by molar-refractivity contribution is -0.176. The fourth-order valence-corrected chi connectivity index (χ4v) is 8.30. The molecule has 1 saturated heterocycles. The van der Waals surface area contributed by atoms with Crippen molar-refractivity contribution in [3.63, 3.8) is 0 Å². The second-order valence-corrected chi connectivity index (χ2v) is 17.5. The van der Waals surface area contributed by atoms with E-state index in [9.17, 15) is 34.5 Å². The number of hydrogen-bond donors (Lipinski definition) is 4. The second-order valence-electron chi connectivity index (χ2n) is 17.5. The predicted molar refractivity (Wildman–Crippen MR) is 218 cm³/mol. The number of fused-ring (bicyclic) bond motifs is 1. The molecule has 0 aromatic carbocycles. The maximum absolute atomic E-state index is 13.4. The quantitative estimate of drug-likeness (QED) is 0.0439. The van der Waals surface area contributed by atoms with Crippen LogP contribution in [-0.4, -0.2) is 85.3 Å². The van der Waals surface area contributed by atoms with E-state index >= 15 is 0 Å². The second kappa shape index (κ2) is 18.5. The highest BCUT2D eigenvalue weighted by molar-refractivity contribution is 5.96. The summed E-state index contributed by atoms with van der Waals surface area (Å²) >= 11 is 0. The lowest BCUT2D eigenvalue weighted by Gasteiger charge is -2.44. The van der Waals surface area contributed by atoms with Crippen molar-refractivity contribution < 1.29 is 53.8 Å². The van der Waals surface area contributed by atoms with E-state index in [0.717, 1.165) is 22.3 Å². The van der Waals surface area contributed by atoms with Gasteiger partial charge in [0.05, 0.1) is 11.2 Å². The summed E-state index contributed by atoms with van der Waals surface area (Å²) in [6.07, 6.45) is 17.3. The molecule has 0 aromatic rings. The van der Waals surface area contributed by atoms with Crippen molar-refractivity contribution in [2.75, 3.05) is 0 Å². The Bertz CT molecular complexity index is 1840. The molecule has 0 bridgehead atoms. The number of carboxylic acid groups (broad SMARTS) is 1. The van der Waals surface area contributed by atoms with E-state index in [4.69, 9.17) is 19.3 Å². The van der Waals surface area contributed by atoms with Gasteiger partial charge in [-0.1, -0.05) is 99.6 Å². The van der Waals surface area contributed by atoms with Crippen LogP contribution in [0.5, 0.6) is 0 Å². The van der Waals surface area contributed by atoms with Crippen LogP contribution >= 0.6 is 0 Å². The standard InChI is InChI=1S/C46H62O11/c1-29(18-14-19-31(3)22-23-37-42(6,7)24-34(55-33(5)47)26-44(37,10)54)16-12-13-17-30(2)20-15-21-32(4)36(48)28-46-43(8,9)25-35(27-45(46,11)57-46)56-41(53)39(50)38(49)40(51)52/h12-22,34-35,38-39,49-50,54H,24-28H2,1-11H3,(H,51,52)/b13-12+,18-14+,20-15+,29-16+,30-17+,31-19+,32-21+/t23?,34?,35?,38-,39-,44+,45?,46?/m0/s1. The summed E-state index contributed by atoms with van der Waals surface area (Å²) in [5.74, 6) is -3.37. The molecule has 3 aliphatic rings. The van der Waals surface area contributed by atoms with Gasteiger partial charge in [-0.3, -0.25) is 9.59 Å². The van der Waals surface area contributed by atoms with Gasteiger partial charge < -0.3 is 34.6 Å². The normalized spacial score (nSPS) is 30.1. The molecular formula is C46H62O11. The van der Waals surface area contributed by atoms with Gasteiger partial charge in [-0.2, -0.15) is 0 Å². The first-order valence-electron chi connectivity index (χ1n) is 19.4. The van der Waals surface area contributed by atoms with E-state index in [1.807, 2.05) is 116 Å². The molecule has 0 radical (unpaired) electrons. The molecule has 2 aliphatic carbocycles. The van der Waals surface area contributed by atoms with Gasteiger partial charge in [0.25, 0.3) is 0 Å². The van der Waals surface area contributed by atoms with Crippen LogP contribution < -0.4 is 0 Å². The molecule has 11 heteroatoms. The lowest BCUT2D eigenvalue weighted by Crippen LogP contribution is -2.50. The van der Waals surface area contributed by atoms with Crippen LogP contribution in [0.4, 0.5) is 0 Å². The Balaban J connectivity index is 1.54. The van der Waals surface area contributed by atoms with Gasteiger partial charge in [0, 0.05) is 37.2 Å². The molecule has 2 saturated carbocycles. The Morgan fingerprint density at radius 1 is 0.754 bits per heavy atom.